The van der Waals surface area contributed by atoms with E-state index in [1.54, 1.807) is 13.8 Å². The molecule has 1 aromatic heterocycles. The van der Waals surface area contributed by atoms with Gasteiger partial charge in [0.2, 0.25) is 5.78 Å². The highest BCUT2D eigenvalue weighted by Gasteiger charge is 2.26. The molecule has 1 heterocycles. The van der Waals surface area contributed by atoms with Gasteiger partial charge >= 0.3 is 5.97 Å². The van der Waals surface area contributed by atoms with E-state index in [0.29, 0.717) is 0 Å². The second kappa shape index (κ2) is 7.95. The molecule has 0 saturated carbocycles. The van der Waals surface area contributed by atoms with Crippen LogP contribution in [0.5, 0.6) is 0 Å². The third-order valence-corrected chi connectivity index (χ3v) is 2.90. The van der Waals surface area contributed by atoms with Crippen molar-refractivity contribution in [3.63, 3.8) is 0 Å². The number of Topliss-reactive ketones (excluding diaryl/α,β-unsaturated/α-hetero) is 1. The van der Waals surface area contributed by atoms with Gasteiger partial charge in [0.05, 0.1) is 23.8 Å². The fraction of sp³-hybridized carbons (Fsp3) is 0.308. The van der Waals surface area contributed by atoms with Gasteiger partial charge in [0, 0.05) is 6.20 Å². The van der Waals surface area contributed by atoms with E-state index < -0.39 is 33.3 Å². The van der Waals surface area contributed by atoms with Crippen LogP contribution in [0.1, 0.15) is 24.2 Å². The van der Waals surface area contributed by atoms with Crippen molar-refractivity contribution in [2.24, 2.45) is 0 Å². The Hall–Kier alpha value is -1.66. The molecule has 0 spiro atoms. The molecule has 0 fully saturated rings. The molecule has 0 unspecified atom stereocenters. The van der Waals surface area contributed by atoms with Crippen LogP contribution in [0.2, 0.25) is 10.2 Å². The highest BCUT2D eigenvalue weighted by molar-refractivity contribution is 6.38. The first-order valence-electron chi connectivity index (χ1n) is 5.97. The SMILES string of the molecule is CCO/C=C(\C(=O)OCC)C(=O)c1cnc(Cl)c(F)c1Cl. The number of halogens is 3. The molecule has 0 bridgehead atoms. The first-order chi connectivity index (χ1) is 9.93. The molecule has 21 heavy (non-hydrogen) atoms. The van der Waals surface area contributed by atoms with Crippen LogP contribution in [0.25, 0.3) is 0 Å². The van der Waals surface area contributed by atoms with E-state index in [4.69, 9.17) is 32.7 Å². The zero-order valence-corrected chi connectivity index (χ0v) is 12.8. The number of carbonyl (C=O) groups excluding carboxylic acids is 2. The van der Waals surface area contributed by atoms with E-state index in [1.807, 2.05) is 0 Å². The van der Waals surface area contributed by atoms with Crippen molar-refractivity contribution in [3.8, 4) is 0 Å². The van der Waals surface area contributed by atoms with Crippen molar-refractivity contribution in [1.82, 2.24) is 4.98 Å². The van der Waals surface area contributed by atoms with Gasteiger partial charge in [0.25, 0.3) is 0 Å². The summed E-state index contributed by atoms with van der Waals surface area (Å²) in [5.74, 6) is -2.80. The number of ketones is 1. The molecule has 1 aromatic rings. The van der Waals surface area contributed by atoms with Crippen LogP contribution >= 0.6 is 23.2 Å². The standard InChI is InChI=1S/C13H12Cl2FNO4/c1-3-20-6-8(13(19)21-4-2)11(18)7-5-17-12(15)10(16)9(7)14/h5-6H,3-4H2,1-2H3/b8-6-. The molecule has 0 saturated heterocycles. The molecule has 0 aliphatic heterocycles. The maximum atomic E-state index is 13.6. The minimum absolute atomic E-state index is 0.0660. The lowest BCUT2D eigenvalue weighted by Crippen LogP contribution is -2.17. The van der Waals surface area contributed by atoms with E-state index in [-0.39, 0.29) is 18.8 Å². The summed E-state index contributed by atoms with van der Waals surface area (Å²) in [6.07, 6.45) is 1.93. The number of ether oxygens (including phenoxy) is 2. The van der Waals surface area contributed by atoms with Crippen LogP contribution in [0, 0.1) is 5.82 Å². The zero-order valence-electron chi connectivity index (χ0n) is 11.3. The van der Waals surface area contributed by atoms with Crippen LogP contribution < -0.4 is 0 Å². The minimum Gasteiger partial charge on any atom is -0.500 e. The van der Waals surface area contributed by atoms with Crippen LogP contribution in [-0.4, -0.2) is 30.0 Å². The molecule has 8 heteroatoms. The summed E-state index contributed by atoms with van der Waals surface area (Å²) in [5, 5.41) is -0.991. The molecule has 114 valence electrons. The maximum Gasteiger partial charge on any atom is 0.345 e. The van der Waals surface area contributed by atoms with Crippen molar-refractivity contribution >= 4 is 35.0 Å². The van der Waals surface area contributed by atoms with Crippen molar-refractivity contribution in [2.45, 2.75) is 13.8 Å². The van der Waals surface area contributed by atoms with Gasteiger partial charge in [-0.15, -0.1) is 0 Å². The summed E-state index contributed by atoms with van der Waals surface area (Å²) >= 11 is 11.2. The smallest absolute Gasteiger partial charge is 0.345 e. The Labute approximate surface area is 130 Å². The number of pyridine rings is 1. The molecule has 1 rings (SSSR count). The molecule has 0 aliphatic carbocycles. The second-order valence-electron chi connectivity index (χ2n) is 3.63. The summed E-state index contributed by atoms with van der Waals surface area (Å²) in [5.41, 5.74) is -0.721. The highest BCUT2D eigenvalue weighted by Crippen LogP contribution is 2.26. The summed E-state index contributed by atoms with van der Waals surface area (Å²) in [6.45, 7) is 3.55. The monoisotopic (exact) mass is 335 g/mol. The number of carbonyl (C=O) groups is 2. The van der Waals surface area contributed by atoms with Gasteiger partial charge in [-0.25, -0.2) is 14.2 Å². The predicted molar refractivity (Wildman–Crippen MR) is 74.9 cm³/mol. The van der Waals surface area contributed by atoms with Crippen molar-refractivity contribution in [3.05, 3.63) is 39.6 Å². The van der Waals surface area contributed by atoms with Gasteiger partial charge in [-0.05, 0) is 13.8 Å². The fourth-order valence-corrected chi connectivity index (χ4v) is 1.73. The van der Waals surface area contributed by atoms with E-state index in [0.717, 1.165) is 12.5 Å². The number of esters is 1. The molecular weight excluding hydrogens is 324 g/mol. The average molecular weight is 336 g/mol. The lowest BCUT2D eigenvalue weighted by molar-refractivity contribution is -0.138. The first kappa shape index (κ1) is 17.4. The molecule has 0 N–H and O–H groups in total. The number of aromatic nitrogens is 1. The Kier molecular flexibility index (Phi) is 6.58. The zero-order chi connectivity index (χ0) is 16.0. The highest BCUT2D eigenvalue weighted by atomic mass is 35.5. The van der Waals surface area contributed by atoms with Crippen LogP contribution in [0.4, 0.5) is 4.39 Å². The van der Waals surface area contributed by atoms with Gasteiger partial charge in [-0.1, -0.05) is 23.2 Å². The van der Waals surface area contributed by atoms with E-state index in [9.17, 15) is 14.0 Å². The van der Waals surface area contributed by atoms with Crippen molar-refractivity contribution in [1.29, 1.82) is 0 Å². The van der Waals surface area contributed by atoms with Crippen LogP contribution in [0.15, 0.2) is 18.0 Å². The van der Waals surface area contributed by atoms with E-state index >= 15 is 0 Å². The van der Waals surface area contributed by atoms with Crippen molar-refractivity contribution in [2.75, 3.05) is 13.2 Å². The topological polar surface area (TPSA) is 65.5 Å². The Morgan fingerprint density at radius 2 is 2.00 bits per heavy atom. The van der Waals surface area contributed by atoms with E-state index in [2.05, 4.69) is 4.98 Å². The number of hydrogen-bond donors (Lipinski definition) is 0. The Balaban J connectivity index is 3.23. The largest absolute Gasteiger partial charge is 0.500 e. The molecule has 0 amide bonds. The molecule has 0 aromatic carbocycles. The number of nitrogens with zero attached hydrogens (tertiary/aromatic N) is 1. The Morgan fingerprint density at radius 3 is 2.57 bits per heavy atom. The normalized spacial score (nSPS) is 11.2. The summed E-state index contributed by atoms with van der Waals surface area (Å²) in [4.78, 5) is 27.5. The summed E-state index contributed by atoms with van der Waals surface area (Å²) in [6, 6.07) is 0. The summed E-state index contributed by atoms with van der Waals surface area (Å²) < 4.78 is 23.2. The quantitative estimate of drug-likeness (QED) is 0.152. The molecule has 0 atom stereocenters. The van der Waals surface area contributed by atoms with Crippen molar-refractivity contribution < 1.29 is 23.5 Å². The van der Waals surface area contributed by atoms with Gasteiger partial charge in [0.15, 0.2) is 11.0 Å². The van der Waals surface area contributed by atoms with Crippen LogP contribution in [-0.2, 0) is 14.3 Å². The minimum atomic E-state index is -1.04. The average Bonchev–Trinajstić information content (AvgIpc) is 2.45. The molecule has 5 nitrogen and oxygen atoms in total. The van der Waals surface area contributed by atoms with E-state index in [1.165, 1.54) is 0 Å². The first-order valence-corrected chi connectivity index (χ1v) is 6.72. The Bertz CT molecular complexity index is 590. The summed E-state index contributed by atoms with van der Waals surface area (Å²) in [7, 11) is 0. The fourth-order valence-electron chi connectivity index (χ4n) is 1.32. The second-order valence-corrected chi connectivity index (χ2v) is 4.36. The van der Waals surface area contributed by atoms with Gasteiger partial charge < -0.3 is 9.47 Å². The lowest BCUT2D eigenvalue weighted by atomic mass is 10.1. The number of rotatable bonds is 6. The number of hydrogen-bond acceptors (Lipinski definition) is 5. The molecular formula is C13H12Cl2FNO4. The predicted octanol–water partition coefficient (Wildman–Crippen LogP) is 3.19. The molecule has 0 aliphatic rings. The third-order valence-electron chi connectivity index (χ3n) is 2.27. The van der Waals surface area contributed by atoms with Crippen LogP contribution in [0.3, 0.4) is 0 Å². The van der Waals surface area contributed by atoms with Gasteiger partial charge in [-0.2, -0.15) is 0 Å². The Morgan fingerprint density at radius 1 is 1.33 bits per heavy atom. The third kappa shape index (κ3) is 4.15. The maximum absolute atomic E-state index is 13.6. The van der Waals surface area contributed by atoms with Gasteiger partial charge in [-0.3, -0.25) is 4.79 Å². The molecule has 0 radical (unpaired) electrons. The van der Waals surface area contributed by atoms with Gasteiger partial charge in [0.1, 0.15) is 11.8 Å². The lowest BCUT2D eigenvalue weighted by Gasteiger charge is -2.08.